The zero-order chi connectivity index (χ0) is 13.1. The van der Waals surface area contributed by atoms with Crippen LogP contribution in [0.5, 0.6) is 0 Å². The van der Waals surface area contributed by atoms with Crippen molar-refractivity contribution in [1.29, 1.82) is 0 Å². The van der Waals surface area contributed by atoms with E-state index in [2.05, 4.69) is 30.3 Å². The molecule has 104 valence electrons. The van der Waals surface area contributed by atoms with Crippen LogP contribution in [0.15, 0.2) is 30.3 Å². The molecule has 1 aromatic carbocycles. The second-order valence-corrected chi connectivity index (χ2v) is 6.66. The Morgan fingerprint density at radius 2 is 1.79 bits per heavy atom. The molecule has 2 aliphatic carbocycles. The van der Waals surface area contributed by atoms with E-state index in [4.69, 9.17) is 5.73 Å². The van der Waals surface area contributed by atoms with Gasteiger partial charge in [-0.3, -0.25) is 0 Å². The lowest BCUT2D eigenvalue weighted by Crippen LogP contribution is -2.24. The van der Waals surface area contributed by atoms with Gasteiger partial charge in [0.05, 0.1) is 0 Å². The predicted octanol–water partition coefficient (Wildman–Crippen LogP) is 4.48. The summed E-state index contributed by atoms with van der Waals surface area (Å²) in [7, 11) is 0. The van der Waals surface area contributed by atoms with Gasteiger partial charge in [-0.05, 0) is 42.6 Å². The molecule has 2 N–H and O–H groups in total. The van der Waals surface area contributed by atoms with Crippen LogP contribution in [0.1, 0.15) is 62.8 Å². The number of benzene rings is 1. The van der Waals surface area contributed by atoms with E-state index in [-0.39, 0.29) is 0 Å². The summed E-state index contributed by atoms with van der Waals surface area (Å²) in [4.78, 5) is 0. The zero-order valence-corrected chi connectivity index (χ0v) is 11.9. The molecule has 1 aromatic rings. The third-order valence-electron chi connectivity index (χ3n) is 5.25. The molecular weight excluding hydrogens is 230 g/mol. The number of hydrogen-bond donors (Lipinski definition) is 1. The first-order chi connectivity index (χ1) is 9.34. The van der Waals surface area contributed by atoms with Gasteiger partial charge in [0.1, 0.15) is 0 Å². The minimum absolute atomic E-state index is 0.437. The second-order valence-electron chi connectivity index (χ2n) is 6.66. The van der Waals surface area contributed by atoms with Crippen molar-refractivity contribution in [2.24, 2.45) is 17.6 Å². The van der Waals surface area contributed by atoms with Gasteiger partial charge in [0.15, 0.2) is 0 Å². The largest absolute Gasteiger partial charge is 0.327 e. The average molecular weight is 257 g/mol. The van der Waals surface area contributed by atoms with E-state index in [1.54, 1.807) is 0 Å². The molecule has 1 heteroatoms. The maximum atomic E-state index is 6.42. The van der Waals surface area contributed by atoms with Crippen LogP contribution < -0.4 is 5.73 Å². The predicted molar refractivity (Wildman–Crippen MR) is 81.1 cm³/mol. The van der Waals surface area contributed by atoms with Gasteiger partial charge in [0.2, 0.25) is 0 Å². The van der Waals surface area contributed by atoms with Crippen molar-refractivity contribution in [3.63, 3.8) is 0 Å². The third kappa shape index (κ3) is 3.39. The molecule has 0 bridgehead atoms. The Hall–Kier alpha value is -0.820. The SMILES string of the molecule is NC(CCC1CCCCC1)C1CC1c1ccccc1. The van der Waals surface area contributed by atoms with Gasteiger partial charge >= 0.3 is 0 Å². The van der Waals surface area contributed by atoms with Crippen molar-refractivity contribution >= 4 is 0 Å². The molecule has 0 heterocycles. The van der Waals surface area contributed by atoms with Crippen LogP contribution in [0.4, 0.5) is 0 Å². The highest BCUT2D eigenvalue weighted by atomic mass is 14.7. The normalized spacial score (nSPS) is 29.1. The van der Waals surface area contributed by atoms with Crippen molar-refractivity contribution in [2.75, 3.05) is 0 Å². The van der Waals surface area contributed by atoms with Crippen LogP contribution in [-0.2, 0) is 0 Å². The Kier molecular flexibility index (Phi) is 4.22. The van der Waals surface area contributed by atoms with Crippen LogP contribution in [0, 0.1) is 11.8 Å². The highest BCUT2D eigenvalue weighted by molar-refractivity contribution is 5.26. The van der Waals surface area contributed by atoms with Gasteiger partial charge in [-0.25, -0.2) is 0 Å². The van der Waals surface area contributed by atoms with Gasteiger partial charge in [-0.15, -0.1) is 0 Å². The van der Waals surface area contributed by atoms with Gasteiger partial charge in [0, 0.05) is 6.04 Å². The molecule has 3 atom stereocenters. The minimum Gasteiger partial charge on any atom is -0.327 e. The average Bonchev–Trinajstić information content (AvgIpc) is 3.27. The monoisotopic (exact) mass is 257 g/mol. The zero-order valence-electron chi connectivity index (χ0n) is 11.9. The summed E-state index contributed by atoms with van der Waals surface area (Å²) < 4.78 is 0. The van der Waals surface area contributed by atoms with E-state index < -0.39 is 0 Å². The quantitative estimate of drug-likeness (QED) is 0.827. The maximum absolute atomic E-state index is 6.42. The van der Waals surface area contributed by atoms with Crippen LogP contribution >= 0.6 is 0 Å². The molecule has 2 saturated carbocycles. The Balaban J connectivity index is 1.43. The summed E-state index contributed by atoms with van der Waals surface area (Å²) in [5.41, 5.74) is 7.92. The van der Waals surface area contributed by atoms with Gasteiger partial charge in [-0.2, -0.15) is 0 Å². The molecule has 19 heavy (non-hydrogen) atoms. The summed E-state index contributed by atoms with van der Waals surface area (Å²) in [6.45, 7) is 0. The van der Waals surface area contributed by atoms with Crippen LogP contribution in [0.2, 0.25) is 0 Å². The lowest BCUT2D eigenvalue weighted by molar-refractivity contribution is 0.318. The van der Waals surface area contributed by atoms with Crippen LogP contribution in [-0.4, -0.2) is 6.04 Å². The molecule has 3 unspecified atom stereocenters. The van der Waals surface area contributed by atoms with Crippen LogP contribution in [0.3, 0.4) is 0 Å². The smallest absolute Gasteiger partial charge is 0.00733 e. The summed E-state index contributed by atoms with van der Waals surface area (Å²) in [5.74, 6) is 2.49. The lowest BCUT2D eigenvalue weighted by Gasteiger charge is -2.23. The molecule has 0 radical (unpaired) electrons. The molecule has 2 aliphatic rings. The van der Waals surface area contributed by atoms with Crippen molar-refractivity contribution in [3.05, 3.63) is 35.9 Å². The number of hydrogen-bond acceptors (Lipinski definition) is 1. The molecule has 0 spiro atoms. The van der Waals surface area contributed by atoms with E-state index in [0.29, 0.717) is 6.04 Å². The molecule has 0 aromatic heterocycles. The Morgan fingerprint density at radius 3 is 2.53 bits per heavy atom. The number of nitrogens with two attached hydrogens (primary N) is 1. The van der Waals surface area contributed by atoms with Crippen molar-refractivity contribution in [2.45, 2.75) is 63.3 Å². The standard InChI is InChI=1S/C18H27N/c19-18(12-11-14-7-3-1-4-8-14)17-13-16(17)15-9-5-2-6-10-15/h2,5-6,9-10,14,16-18H,1,3-4,7-8,11-13,19H2. The Bertz CT molecular complexity index is 380. The van der Waals surface area contributed by atoms with Gasteiger partial charge in [0.25, 0.3) is 0 Å². The van der Waals surface area contributed by atoms with E-state index in [9.17, 15) is 0 Å². The van der Waals surface area contributed by atoms with Crippen molar-refractivity contribution in [1.82, 2.24) is 0 Å². The van der Waals surface area contributed by atoms with Crippen molar-refractivity contribution in [3.8, 4) is 0 Å². The summed E-state index contributed by atoms with van der Waals surface area (Å²) >= 11 is 0. The number of rotatable bonds is 5. The molecule has 0 amide bonds. The first kappa shape index (κ1) is 13.2. The summed E-state index contributed by atoms with van der Waals surface area (Å²) in [6.07, 6.45) is 11.2. The highest BCUT2D eigenvalue weighted by Crippen LogP contribution is 2.50. The van der Waals surface area contributed by atoms with Gasteiger partial charge < -0.3 is 5.73 Å². The second kappa shape index (κ2) is 6.09. The van der Waals surface area contributed by atoms with Crippen molar-refractivity contribution < 1.29 is 0 Å². The maximum Gasteiger partial charge on any atom is 0.00733 e. The summed E-state index contributed by atoms with van der Waals surface area (Å²) in [5, 5.41) is 0. The molecule has 1 nitrogen and oxygen atoms in total. The fourth-order valence-corrected chi connectivity index (χ4v) is 3.89. The Morgan fingerprint density at radius 1 is 1.05 bits per heavy atom. The third-order valence-corrected chi connectivity index (χ3v) is 5.25. The molecule has 3 rings (SSSR count). The fraction of sp³-hybridized carbons (Fsp3) is 0.667. The van der Waals surface area contributed by atoms with E-state index in [0.717, 1.165) is 17.8 Å². The topological polar surface area (TPSA) is 26.0 Å². The molecule has 0 saturated heterocycles. The fourth-order valence-electron chi connectivity index (χ4n) is 3.89. The molecule has 0 aliphatic heterocycles. The Labute approximate surface area is 117 Å². The van der Waals surface area contributed by atoms with Gasteiger partial charge in [-0.1, -0.05) is 62.4 Å². The summed E-state index contributed by atoms with van der Waals surface area (Å²) in [6, 6.07) is 11.4. The minimum atomic E-state index is 0.437. The lowest BCUT2D eigenvalue weighted by atomic mass is 9.84. The van der Waals surface area contributed by atoms with E-state index in [1.807, 2.05) is 0 Å². The molecule has 2 fully saturated rings. The van der Waals surface area contributed by atoms with E-state index in [1.165, 1.54) is 56.9 Å². The first-order valence-corrected chi connectivity index (χ1v) is 8.15. The first-order valence-electron chi connectivity index (χ1n) is 8.15. The van der Waals surface area contributed by atoms with E-state index >= 15 is 0 Å². The molecular formula is C18H27N. The highest BCUT2D eigenvalue weighted by Gasteiger charge is 2.42. The van der Waals surface area contributed by atoms with Crippen LogP contribution in [0.25, 0.3) is 0 Å².